The number of carbonyl (C=O) groups excluding carboxylic acids is 1. The second kappa shape index (κ2) is 7.77. The van der Waals surface area contributed by atoms with Crippen LogP contribution in [0.5, 0.6) is 5.75 Å². The summed E-state index contributed by atoms with van der Waals surface area (Å²) in [5, 5.41) is 7.29. The third-order valence-corrected chi connectivity index (χ3v) is 5.25. The molecule has 3 rings (SSSR count). The maximum Gasteiger partial charge on any atom is 0.263 e. The number of thiazole rings is 1. The van der Waals surface area contributed by atoms with Crippen molar-refractivity contribution in [1.29, 1.82) is 0 Å². The summed E-state index contributed by atoms with van der Waals surface area (Å²) in [5.41, 5.74) is 1.79. The molecule has 1 aliphatic rings. The highest BCUT2D eigenvalue weighted by molar-refractivity contribution is 7.17. The number of hydrogen-bond acceptors (Lipinski definition) is 5. The maximum absolute atomic E-state index is 12.5. The minimum Gasteiger partial charge on any atom is -0.494 e. The lowest BCUT2D eigenvalue weighted by Gasteiger charge is -2.23. The lowest BCUT2D eigenvalue weighted by Crippen LogP contribution is -2.45. The lowest BCUT2D eigenvalue weighted by atomic mass is 10.1. The van der Waals surface area contributed by atoms with Gasteiger partial charge in [-0.05, 0) is 57.5 Å². The van der Waals surface area contributed by atoms with Crippen molar-refractivity contribution in [3.63, 3.8) is 0 Å². The lowest BCUT2D eigenvalue weighted by molar-refractivity contribution is 0.0934. The van der Waals surface area contributed by atoms with E-state index in [1.165, 1.54) is 11.3 Å². The smallest absolute Gasteiger partial charge is 0.263 e. The summed E-state index contributed by atoms with van der Waals surface area (Å²) in [5.74, 6) is 0.827. The molecule has 24 heavy (non-hydrogen) atoms. The summed E-state index contributed by atoms with van der Waals surface area (Å²) >= 11 is 1.44. The summed E-state index contributed by atoms with van der Waals surface area (Å²) in [4.78, 5) is 17.8. The van der Waals surface area contributed by atoms with Gasteiger partial charge in [0.1, 0.15) is 15.6 Å². The number of amides is 1. The summed E-state index contributed by atoms with van der Waals surface area (Å²) in [6.07, 6.45) is 2.13. The highest BCUT2D eigenvalue weighted by Crippen LogP contribution is 2.29. The summed E-state index contributed by atoms with van der Waals surface area (Å²) in [6, 6.07) is 8.04. The molecule has 1 aromatic heterocycles. The first kappa shape index (κ1) is 16.9. The number of benzene rings is 1. The Morgan fingerprint density at radius 2 is 2.21 bits per heavy atom. The molecule has 5 nitrogen and oxygen atoms in total. The van der Waals surface area contributed by atoms with Crippen LogP contribution in [0.4, 0.5) is 0 Å². The van der Waals surface area contributed by atoms with E-state index in [-0.39, 0.29) is 11.9 Å². The minimum atomic E-state index is -0.0177. The molecule has 6 heteroatoms. The molecule has 0 radical (unpaired) electrons. The van der Waals surface area contributed by atoms with E-state index in [0.29, 0.717) is 11.5 Å². The fourth-order valence-electron chi connectivity index (χ4n) is 2.82. The number of ether oxygens (including phenoxy) is 1. The zero-order chi connectivity index (χ0) is 16.9. The van der Waals surface area contributed by atoms with Gasteiger partial charge in [-0.25, -0.2) is 4.98 Å². The molecular formula is C18H23N3O2S. The number of rotatable bonds is 5. The van der Waals surface area contributed by atoms with Gasteiger partial charge in [-0.1, -0.05) is 0 Å². The van der Waals surface area contributed by atoms with E-state index in [2.05, 4.69) is 15.6 Å². The quantitative estimate of drug-likeness (QED) is 0.874. The molecule has 2 heterocycles. The van der Waals surface area contributed by atoms with Gasteiger partial charge in [-0.2, -0.15) is 0 Å². The van der Waals surface area contributed by atoms with E-state index < -0.39 is 0 Å². The summed E-state index contributed by atoms with van der Waals surface area (Å²) < 4.78 is 5.46. The molecule has 1 amide bonds. The molecule has 1 fully saturated rings. The molecule has 2 aromatic rings. The van der Waals surface area contributed by atoms with Gasteiger partial charge in [0.25, 0.3) is 5.91 Å². The van der Waals surface area contributed by atoms with Crippen LogP contribution in [0.25, 0.3) is 10.6 Å². The average Bonchev–Trinajstić information content (AvgIpc) is 2.99. The molecule has 1 aliphatic heterocycles. The Morgan fingerprint density at radius 3 is 2.88 bits per heavy atom. The van der Waals surface area contributed by atoms with E-state index in [0.717, 1.165) is 47.9 Å². The Labute approximate surface area is 146 Å². The van der Waals surface area contributed by atoms with Crippen LogP contribution >= 0.6 is 11.3 Å². The van der Waals surface area contributed by atoms with Crippen LogP contribution in [-0.4, -0.2) is 36.6 Å². The molecular weight excluding hydrogens is 322 g/mol. The third-order valence-electron chi connectivity index (χ3n) is 4.05. The van der Waals surface area contributed by atoms with Crippen molar-refractivity contribution in [2.24, 2.45) is 0 Å². The van der Waals surface area contributed by atoms with Crippen molar-refractivity contribution >= 4 is 17.2 Å². The summed E-state index contributed by atoms with van der Waals surface area (Å²) in [6.45, 7) is 6.38. The van der Waals surface area contributed by atoms with Crippen LogP contribution in [0.2, 0.25) is 0 Å². The normalized spacial score (nSPS) is 17.5. The number of hydrogen-bond donors (Lipinski definition) is 2. The van der Waals surface area contributed by atoms with Gasteiger partial charge >= 0.3 is 0 Å². The molecule has 1 saturated heterocycles. The maximum atomic E-state index is 12.5. The van der Waals surface area contributed by atoms with E-state index >= 15 is 0 Å². The van der Waals surface area contributed by atoms with Crippen LogP contribution in [-0.2, 0) is 0 Å². The van der Waals surface area contributed by atoms with Gasteiger partial charge in [0.2, 0.25) is 0 Å². The first-order valence-corrected chi connectivity index (χ1v) is 9.21. The minimum absolute atomic E-state index is 0.0177. The number of nitrogens with zero attached hydrogens (tertiary/aromatic N) is 1. The predicted molar refractivity (Wildman–Crippen MR) is 96.8 cm³/mol. The Morgan fingerprint density at radius 1 is 1.42 bits per heavy atom. The van der Waals surface area contributed by atoms with Crippen molar-refractivity contribution < 1.29 is 9.53 Å². The van der Waals surface area contributed by atoms with Crippen LogP contribution in [0.3, 0.4) is 0 Å². The highest BCUT2D eigenvalue weighted by atomic mass is 32.1. The topological polar surface area (TPSA) is 63.2 Å². The molecule has 0 aliphatic carbocycles. The summed E-state index contributed by atoms with van der Waals surface area (Å²) in [7, 11) is 0. The predicted octanol–water partition coefficient (Wildman–Crippen LogP) is 3.00. The van der Waals surface area contributed by atoms with Gasteiger partial charge in [-0.3, -0.25) is 4.79 Å². The van der Waals surface area contributed by atoms with Gasteiger partial charge in [-0.15, -0.1) is 11.3 Å². The number of carbonyl (C=O) groups is 1. The first-order chi connectivity index (χ1) is 11.7. The van der Waals surface area contributed by atoms with E-state index in [4.69, 9.17) is 4.74 Å². The molecule has 2 N–H and O–H groups in total. The Kier molecular flexibility index (Phi) is 5.48. The number of nitrogens with one attached hydrogen (secondary N) is 2. The molecule has 128 valence electrons. The van der Waals surface area contributed by atoms with Crippen LogP contribution in [0, 0.1) is 6.92 Å². The third kappa shape index (κ3) is 3.94. The molecule has 0 saturated carbocycles. The Bertz CT molecular complexity index is 691. The number of piperidine rings is 1. The fraction of sp³-hybridized carbons (Fsp3) is 0.444. The number of aromatic nitrogens is 1. The highest BCUT2D eigenvalue weighted by Gasteiger charge is 2.20. The van der Waals surface area contributed by atoms with Crippen LogP contribution in [0.15, 0.2) is 24.3 Å². The number of aryl methyl sites for hydroxylation is 1. The largest absolute Gasteiger partial charge is 0.494 e. The standard InChI is InChI=1S/C18H23N3O2S/c1-3-23-15-8-6-13(7-9-15)18-20-12(2)16(24-18)17(22)21-14-5-4-10-19-11-14/h6-9,14,19H,3-5,10-11H2,1-2H3,(H,21,22). The van der Waals surface area contributed by atoms with E-state index in [9.17, 15) is 4.79 Å². The van der Waals surface area contributed by atoms with Crippen molar-refractivity contribution in [3.05, 3.63) is 34.8 Å². The molecule has 0 bridgehead atoms. The van der Waals surface area contributed by atoms with E-state index in [1.807, 2.05) is 38.1 Å². The second-order valence-corrected chi connectivity index (χ2v) is 6.91. The van der Waals surface area contributed by atoms with Crippen molar-refractivity contribution in [2.75, 3.05) is 19.7 Å². The zero-order valence-corrected chi connectivity index (χ0v) is 14.9. The average molecular weight is 345 g/mol. The fourth-order valence-corrected chi connectivity index (χ4v) is 3.79. The first-order valence-electron chi connectivity index (χ1n) is 8.39. The van der Waals surface area contributed by atoms with Gasteiger partial charge in [0.05, 0.1) is 12.3 Å². The SMILES string of the molecule is CCOc1ccc(-c2nc(C)c(C(=O)NC3CCCNC3)s2)cc1. The van der Waals surface area contributed by atoms with Crippen LogP contribution < -0.4 is 15.4 Å². The Hall–Kier alpha value is -1.92. The second-order valence-electron chi connectivity index (χ2n) is 5.91. The molecule has 1 aromatic carbocycles. The molecule has 1 unspecified atom stereocenters. The monoisotopic (exact) mass is 345 g/mol. The van der Waals surface area contributed by atoms with Crippen molar-refractivity contribution in [3.8, 4) is 16.3 Å². The van der Waals surface area contributed by atoms with Crippen LogP contribution in [0.1, 0.15) is 35.1 Å². The van der Waals surface area contributed by atoms with Gasteiger partial charge < -0.3 is 15.4 Å². The van der Waals surface area contributed by atoms with Gasteiger partial charge in [0, 0.05) is 18.2 Å². The molecule has 0 spiro atoms. The Balaban J connectivity index is 1.72. The molecule has 1 atom stereocenters. The van der Waals surface area contributed by atoms with Crippen molar-refractivity contribution in [2.45, 2.75) is 32.7 Å². The van der Waals surface area contributed by atoms with E-state index in [1.54, 1.807) is 0 Å². The van der Waals surface area contributed by atoms with Crippen molar-refractivity contribution in [1.82, 2.24) is 15.6 Å². The van der Waals surface area contributed by atoms with Gasteiger partial charge in [0.15, 0.2) is 0 Å². The zero-order valence-electron chi connectivity index (χ0n) is 14.1.